The SMILES string of the molecule is Cc1cccc2c1N(C(=O)Cn1cnc3c(cnn3C)c1=O)CCC2. The van der Waals surface area contributed by atoms with E-state index in [1.807, 2.05) is 19.1 Å². The topological polar surface area (TPSA) is 73.0 Å². The van der Waals surface area contributed by atoms with E-state index < -0.39 is 0 Å². The second kappa shape index (κ2) is 5.84. The number of hydrogen-bond acceptors (Lipinski definition) is 4. The van der Waals surface area contributed by atoms with Crippen LogP contribution >= 0.6 is 0 Å². The van der Waals surface area contributed by atoms with E-state index in [4.69, 9.17) is 0 Å². The van der Waals surface area contributed by atoms with E-state index in [1.54, 1.807) is 16.6 Å². The van der Waals surface area contributed by atoms with Gasteiger partial charge in [-0.25, -0.2) is 4.98 Å². The Morgan fingerprint density at radius 1 is 1.32 bits per heavy atom. The maximum absolute atomic E-state index is 12.9. The molecule has 7 heteroatoms. The van der Waals surface area contributed by atoms with Crippen LogP contribution in [0.3, 0.4) is 0 Å². The van der Waals surface area contributed by atoms with Gasteiger partial charge in [-0.3, -0.25) is 18.8 Å². The van der Waals surface area contributed by atoms with Crippen LogP contribution in [0.25, 0.3) is 11.0 Å². The molecule has 1 aliphatic rings. The summed E-state index contributed by atoms with van der Waals surface area (Å²) in [6, 6.07) is 6.10. The fourth-order valence-electron chi connectivity index (χ4n) is 3.51. The summed E-state index contributed by atoms with van der Waals surface area (Å²) < 4.78 is 2.91. The van der Waals surface area contributed by atoms with E-state index in [9.17, 15) is 9.59 Å². The predicted octanol–water partition coefficient (Wildman–Crippen LogP) is 1.42. The van der Waals surface area contributed by atoms with Gasteiger partial charge in [0.1, 0.15) is 18.3 Å². The first-order valence-corrected chi connectivity index (χ1v) is 8.32. The maximum atomic E-state index is 12.9. The van der Waals surface area contributed by atoms with Crippen molar-refractivity contribution in [2.75, 3.05) is 11.4 Å². The first-order valence-electron chi connectivity index (χ1n) is 8.32. The van der Waals surface area contributed by atoms with Gasteiger partial charge in [-0.15, -0.1) is 0 Å². The molecule has 1 aliphatic heterocycles. The first-order chi connectivity index (χ1) is 12.1. The van der Waals surface area contributed by atoms with Gasteiger partial charge in [-0.1, -0.05) is 18.2 Å². The van der Waals surface area contributed by atoms with Gasteiger partial charge in [-0.05, 0) is 30.9 Å². The van der Waals surface area contributed by atoms with Gasteiger partial charge >= 0.3 is 0 Å². The minimum absolute atomic E-state index is 0.0234. The lowest BCUT2D eigenvalue weighted by Gasteiger charge is -2.31. The number of rotatable bonds is 2. The summed E-state index contributed by atoms with van der Waals surface area (Å²) >= 11 is 0. The molecule has 3 heterocycles. The number of aryl methyl sites for hydroxylation is 3. The average molecular weight is 337 g/mol. The van der Waals surface area contributed by atoms with Gasteiger partial charge in [0.25, 0.3) is 5.56 Å². The van der Waals surface area contributed by atoms with Gasteiger partial charge in [0, 0.05) is 19.3 Å². The fraction of sp³-hybridized carbons (Fsp3) is 0.333. The number of anilines is 1. The molecule has 7 nitrogen and oxygen atoms in total. The van der Waals surface area contributed by atoms with Gasteiger partial charge in [0.15, 0.2) is 5.65 Å². The molecule has 0 unspecified atom stereocenters. The highest BCUT2D eigenvalue weighted by atomic mass is 16.2. The summed E-state index contributed by atoms with van der Waals surface area (Å²) in [5, 5.41) is 4.48. The third kappa shape index (κ3) is 2.52. The van der Waals surface area contributed by atoms with Crippen molar-refractivity contribution in [3.63, 3.8) is 0 Å². The summed E-state index contributed by atoms with van der Waals surface area (Å²) in [4.78, 5) is 31.5. The summed E-state index contributed by atoms with van der Waals surface area (Å²) in [6.45, 7) is 2.66. The monoisotopic (exact) mass is 337 g/mol. The Balaban J connectivity index is 1.68. The summed E-state index contributed by atoms with van der Waals surface area (Å²) in [7, 11) is 1.73. The lowest BCUT2D eigenvalue weighted by atomic mass is 9.98. The van der Waals surface area contributed by atoms with Crippen LogP contribution in [0, 0.1) is 6.92 Å². The molecule has 3 aromatic rings. The van der Waals surface area contributed by atoms with Gasteiger partial charge < -0.3 is 4.90 Å². The quantitative estimate of drug-likeness (QED) is 0.709. The molecule has 2 aromatic heterocycles. The Labute approximate surface area is 144 Å². The largest absolute Gasteiger partial charge is 0.310 e. The number of fused-ring (bicyclic) bond motifs is 2. The molecule has 0 saturated heterocycles. The zero-order valence-electron chi connectivity index (χ0n) is 14.3. The van der Waals surface area contributed by atoms with Crippen LogP contribution in [-0.4, -0.2) is 31.8 Å². The van der Waals surface area contributed by atoms with E-state index in [-0.39, 0.29) is 18.0 Å². The van der Waals surface area contributed by atoms with E-state index in [0.717, 1.165) is 24.1 Å². The van der Waals surface area contributed by atoms with Gasteiger partial charge in [0.05, 0.1) is 6.20 Å². The standard InChI is InChI=1S/C18H19N5O2/c1-12-5-3-6-13-7-4-8-23(16(12)13)15(24)10-22-11-19-17-14(18(22)25)9-20-21(17)2/h3,5-6,9,11H,4,7-8,10H2,1-2H3. The van der Waals surface area contributed by atoms with E-state index in [0.29, 0.717) is 17.6 Å². The minimum atomic E-state index is -0.242. The van der Waals surface area contributed by atoms with Crippen LogP contribution in [0.15, 0.2) is 35.5 Å². The Kier molecular flexibility index (Phi) is 3.63. The highest BCUT2D eigenvalue weighted by molar-refractivity contribution is 5.95. The van der Waals surface area contributed by atoms with Crippen molar-refractivity contribution < 1.29 is 4.79 Å². The molecule has 1 aromatic carbocycles. The Hall–Kier alpha value is -2.96. The zero-order chi connectivity index (χ0) is 17.6. The smallest absolute Gasteiger partial charge is 0.264 e. The minimum Gasteiger partial charge on any atom is -0.310 e. The number of nitrogens with zero attached hydrogens (tertiary/aromatic N) is 5. The molecular formula is C18H19N5O2. The molecule has 0 bridgehead atoms. The number of benzene rings is 1. The first kappa shape index (κ1) is 15.6. The van der Waals surface area contributed by atoms with E-state index >= 15 is 0 Å². The normalized spacial score (nSPS) is 13.9. The summed E-state index contributed by atoms with van der Waals surface area (Å²) in [5.74, 6) is -0.0950. The number of carbonyl (C=O) groups excluding carboxylic acids is 1. The molecular weight excluding hydrogens is 318 g/mol. The van der Waals surface area contributed by atoms with Gasteiger partial charge in [0.2, 0.25) is 5.91 Å². The van der Waals surface area contributed by atoms with Gasteiger partial charge in [-0.2, -0.15) is 5.10 Å². The lowest BCUT2D eigenvalue weighted by Crippen LogP contribution is -2.40. The van der Waals surface area contributed by atoms with Crippen molar-refractivity contribution >= 4 is 22.6 Å². The molecule has 0 aliphatic carbocycles. The molecule has 0 N–H and O–H groups in total. The van der Waals surface area contributed by atoms with Crippen molar-refractivity contribution in [1.82, 2.24) is 19.3 Å². The molecule has 0 spiro atoms. The third-order valence-corrected chi connectivity index (χ3v) is 4.74. The molecule has 1 amide bonds. The number of amides is 1. The molecule has 25 heavy (non-hydrogen) atoms. The average Bonchev–Trinajstić information content (AvgIpc) is 2.99. The van der Waals surface area contributed by atoms with E-state index in [2.05, 4.69) is 16.1 Å². The predicted molar refractivity (Wildman–Crippen MR) is 94.6 cm³/mol. The zero-order valence-corrected chi connectivity index (χ0v) is 14.3. The maximum Gasteiger partial charge on any atom is 0.264 e. The molecule has 128 valence electrons. The highest BCUT2D eigenvalue weighted by Crippen LogP contribution is 2.30. The number of hydrogen-bond donors (Lipinski definition) is 0. The Morgan fingerprint density at radius 3 is 3.00 bits per heavy atom. The molecule has 0 atom stereocenters. The second-order valence-corrected chi connectivity index (χ2v) is 6.41. The Morgan fingerprint density at radius 2 is 2.16 bits per heavy atom. The lowest BCUT2D eigenvalue weighted by molar-refractivity contribution is -0.119. The Bertz CT molecular complexity index is 1030. The molecule has 0 radical (unpaired) electrons. The van der Waals surface area contributed by atoms with Crippen molar-refractivity contribution in [3.05, 3.63) is 52.2 Å². The van der Waals surface area contributed by atoms with Crippen molar-refractivity contribution in [3.8, 4) is 0 Å². The number of aromatic nitrogens is 4. The van der Waals surface area contributed by atoms with Crippen LogP contribution < -0.4 is 10.5 Å². The van der Waals surface area contributed by atoms with Crippen LogP contribution in [0.1, 0.15) is 17.5 Å². The van der Waals surface area contributed by atoms with Crippen molar-refractivity contribution in [2.45, 2.75) is 26.3 Å². The fourth-order valence-corrected chi connectivity index (χ4v) is 3.51. The molecule has 0 saturated carbocycles. The molecule has 4 rings (SSSR count). The molecule has 0 fully saturated rings. The highest BCUT2D eigenvalue weighted by Gasteiger charge is 2.24. The number of carbonyl (C=O) groups is 1. The second-order valence-electron chi connectivity index (χ2n) is 6.41. The summed E-state index contributed by atoms with van der Waals surface area (Å²) in [5.41, 5.74) is 3.54. The summed E-state index contributed by atoms with van der Waals surface area (Å²) in [6.07, 6.45) is 4.82. The third-order valence-electron chi connectivity index (χ3n) is 4.74. The van der Waals surface area contributed by atoms with Crippen LogP contribution in [-0.2, 0) is 24.8 Å². The number of para-hydroxylation sites is 1. The van der Waals surface area contributed by atoms with Crippen LogP contribution in [0.5, 0.6) is 0 Å². The van der Waals surface area contributed by atoms with E-state index in [1.165, 1.54) is 22.7 Å². The van der Waals surface area contributed by atoms with Crippen molar-refractivity contribution in [2.24, 2.45) is 7.05 Å². The van der Waals surface area contributed by atoms with Crippen LogP contribution in [0.2, 0.25) is 0 Å². The van der Waals surface area contributed by atoms with Crippen LogP contribution in [0.4, 0.5) is 5.69 Å². The van der Waals surface area contributed by atoms with Crippen molar-refractivity contribution in [1.29, 1.82) is 0 Å².